The quantitative estimate of drug-likeness (QED) is 0.673. The first kappa shape index (κ1) is 22.2. The van der Waals surface area contributed by atoms with E-state index in [4.69, 9.17) is 19.4 Å². The number of fused-ring (bicyclic) bond motifs is 1. The van der Waals surface area contributed by atoms with Crippen molar-refractivity contribution in [3.63, 3.8) is 0 Å². The van der Waals surface area contributed by atoms with Gasteiger partial charge < -0.3 is 19.7 Å². The van der Waals surface area contributed by atoms with Crippen LogP contribution in [0.1, 0.15) is 31.2 Å². The van der Waals surface area contributed by atoms with Crippen LogP contribution in [0.5, 0.6) is 5.75 Å². The first-order chi connectivity index (χ1) is 16.3. The molecule has 3 saturated heterocycles. The Bertz CT molecular complexity index is 1010. The number of ether oxygens (including phenoxy) is 2. The van der Waals surface area contributed by atoms with Crippen LogP contribution in [-0.4, -0.2) is 92.6 Å². The second-order valence-corrected chi connectivity index (χ2v) is 8.99. The highest BCUT2D eigenvalue weighted by Crippen LogP contribution is 2.31. The fourth-order valence-electron chi connectivity index (χ4n) is 4.74. The van der Waals surface area contributed by atoms with E-state index in [1.54, 1.807) is 7.11 Å². The molecule has 0 bridgehead atoms. The molecule has 3 fully saturated rings. The van der Waals surface area contributed by atoms with E-state index in [0.29, 0.717) is 0 Å². The molecule has 0 amide bonds. The minimum atomic E-state index is 0.731. The topological polar surface area (TPSA) is 66.0 Å². The molecule has 0 aliphatic carbocycles. The third-order valence-corrected chi connectivity index (χ3v) is 6.69. The normalized spacial score (nSPS) is 19.6. The number of morpholine rings is 1. The van der Waals surface area contributed by atoms with E-state index in [9.17, 15) is 0 Å². The van der Waals surface area contributed by atoms with Gasteiger partial charge in [0, 0.05) is 31.6 Å². The number of nitrogens with zero attached hydrogens (tertiary/aromatic N) is 5. The van der Waals surface area contributed by atoms with Crippen LogP contribution in [-0.2, 0) is 4.74 Å². The lowest BCUT2D eigenvalue weighted by Gasteiger charge is -2.27. The molecule has 2 aromatic rings. The average molecular weight is 451 g/mol. The van der Waals surface area contributed by atoms with Gasteiger partial charge in [-0.15, -0.1) is 0 Å². The maximum Gasteiger partial charge on any atom is 0.227 e. The number of anilines is 2. The van der Waals surface area contributed by atoms with Gasteiger partial charge in [0.05, 0.1) is 44.6 Å². The van der Waals surface area contributed by atoms with Crippen molar-refractivity contribution in [1.82, 2.24) is 19.8 Å². The van der Waals surface area contributed by atoms with Crippen molar-refractivity contribution in [2.24, 2.45) is 0 Å². The molecular weight excluding hydrogens is 416 g/mol. The minimum Gasteiger partial charge on any atom is -0.495 e. The van der Waals surface area contributed by atoms with Crippen molar-refractivity contribution in [1.29, 1.82) is 0 Å². The third kappa shape index (κ3) is 5.32. The van der Waals surface area contributed by atoms with Crippen molar-refractivity contribution >= 4 is 22.7 Å². The lowest BCUT2D eigenvalue weighted by Crippen LogP contribution is -2.39. The zero-order valence-corrected chi connectivity index (χ0v) is 19.6. The molecule has 8 heteroatoms. The standard InChI is InChI=1S/C25H34N6O2/c1-32-23-18-21-22(17-20(23)7-6-10-29-8-2-3-9-29)27-25(31-11-4-5-12-31)28-24(21)26-19-30-13-15-33-16-14-30/h17-18H,2-5,8-16,19H2,1H3,(H,26,27,28). The van der Waals surface area contributed by atoms with E-state index in [0.717, 1.165) is 99.7 Å². The number of likely N-dealkylation sites (tertiary alicyclic amines) is 1. The maximum atomic E-state index is 5.72. The number of hydrogen-bond donors (Lipinski definition) is 1. The zero-order chi connectivity index (χ0) is 22.5. The molecule has 1 N–H and O–H groups in total. The van der Waals surface area contributed by atoms with Gasteiger partial charge in [0.25, 0.3) is 0 Å². The Morgan fingerprint density at radius 1 is 0.970 bits per heavy atom. The molecular formula is C25H34N6O2. The van der Waals surface area contributed by atoms with E-state index >= 15 is 0 Å². The molecule has 1 aromatic heterocycles. The van der Waals surface area contributed by atoms with Crippen molar-refractivity contribution in [3.05, 3.63) is 17.7 Å². The summed E-state index contributed by atoms with van der Waals surface area (Å²) in [5.41, 5.74) is 1.79. The van der Waals surface area contributed by atoms with E-state index in [1.807, 2.05) is 6.07 Å². The molecule has 33 heavy (non-hydrogen) atoms. The number of nitrogens with one attached hydrogen (secondary N) is 1. The van der Waals surface area contributed by atoms with Crippen molar-refractivity contribution in [3.8, 4) is 17.6 Å². The lowest BCUT2D eigenvalue weighted by atomic mass is 10.1. The summed E-state index contributed by atoms with van der Waals surface area (Å²) in [6, 6.07) is 4.09. The number of benzene rings is 1. The fraction of sp³-hybridized carbons (Fsp3) is 0.600. The minimum absolute atomic E-state index is 0.731. The molecule has 0 spiro atoms. The van der Waals surface area contributed by atoms with Gasteiger partial charge in [-0.2, -0.15) is 4.98 Å². The predicted molar refractivity (Wildman–Crippen MR) is 131 cm³/mol. The van der Waals surface area contributed by atoms with Crippen LogP contribution in [0, 0.1) is 11.8 Å². The van der Waals surface area contributed by atoms with Crippen LogP contribution in [0.4, 0.5) is 11.8 Å². The van der Waals surface area contributed by atoms with E-state index in [-0.39, 0.29) is 0 Å². The van der Waals surface area contributed by atoms with Crippen LogP contribution in [0.2, 0.25) is 0 Å². The summed E-state index contributed by atoms with van der Waals surface area (Å²) < 4.78 is 11.2. The van der Waals surface area contributed by atoms with Gasteiger partial charge in [-0.25, -0.2) is 4.98 Å². The van der Waals surface area contributed by atoms with E-state index in [1.165, 1.54) is 25.7 Å². The smallest absolute Gasteiger partial charge is 0.227 e. The SMILES string of the molecule is COc1cc2c(NCN3CCOCC3)nc(N3CCCC3)nc2cc1C#CCN1CCCC1. The molecule has 5 rings (SSSR count). The Balaban J connectivity index is 1.46. The summed E-state index contributed by atoms with van der Waals surface area (Å²) in [5.74, 6) is 9.10. The Kier molecular flexibility index (Phi) is 7.10. The van der Waals surface area contributed by atoms with E-state index in [2.05, 4.69) is 37.9 Å². The van der Waals surface area contributed by atoms with Crippen molar-refractivity contribution < 1.29 is 9.47 Å². The van der Waals surface area contributed by atoms with Gasteiger partial charge in [-0.3, -0.25) is 9.80 Å². The summed E-state index contributed by atoms with van der Waals surface area (Å²) in [7, 11) is 1.70. The van der Waals surface area contributed by atoms with E-state index < -0.39 is 0 Å². The van der Waals surface area contributed by atoms with Gasteiger partial charge in [-0.1, -0.05) is 11.8 Å². The second kappa shape index (κ2) is 10.6. The Labute approximate surface area is 196 Å². The van der Waals surface area contributed by atoms with Crippen LogP contribution < -0.4 is 15.0 Å². The number of aromatic nitrogens is 2. The molecule has 176 valence electrons. The van der Waals surface area contributed by atoms with Crippen LogP contribution >= 0.6 is 0 Å². The number of hydrogen-bond acceptors (Lipinski definition) is 8. The Morgan fingerprint density at radius 3 is 2.48 bits per heavy atom. The van der Waals surface area contributed by atoms with Gasteiger partial charge >= 0.3 is 0 Å². The Morgan fingerprint density at radius 2 is 1.73 bits per heavy atom. The lowest BCUT2D eigenvalue weighted by molar-refractivity contribution is 0.0414. The molecule has 8 nitrogen and oxygen atoms in total. The van der Waals surface area contributed by atoms with Crippen molar-refractivity contribution in [2.75, 3.05) is 83.0 Å². The van der Waals surface area contributed by atoms with Crippen LogP contribution in [0.15, 0.2) is 12.1 Å². The fourth-order valence-corrected chi connectivity index (χ4v) is 4.74. The van der Waals surface area contributed by atoms with Crippen LogP contribution in [0.3, 0.4) is 0 Å². The summed E-state index contributed by atoms with van der Waals surface area (Å²) in [6.45, 7) is 9.24. The molecule has 3 aliphatic rings. The second-order valence-electron chi connectivity index (χ2n) is 8.99. The van der Waals surface area contributed by atoms with Gasteiger partial charge in [0.15, 0.2) is 0 Å². The summed E-state index contributed by atoms with van der Waals surface area (Å²) in [5, 5.41) is 4.53. The summed E-state index contributed by atoms with van der Waals surface area (Å²) in [6.07, 6.45) is 4.93. The number of rotatable bonds is 6. The molecule has 4 heterocycles. The van der Waals surface area contributed by atoms with Crippen LogP contribution in [0.25, 0.3) is 10.9 Å². The van der Waals surface area contributed by atoms with Gasteiger partial charge in [0.1, 0.15) is 11.6 Å². The average Bonchev–Trinajstić information content (AvgIpc) is 3.57. The maximum absolute atomic E-state index is 5.72. The zero-order valence-electron chi connectivity index (χ0n) is 19.6. The Hall–Kier alpha value is -2.60. The predicted octanol–water partition coefficient (Wildman–Crippen LogP) is 2.39. The highest BCUT2D eigenvalue weighted by Gasteiger charge is 2.19. The first-order valence-electron chi connectivity index (χ1n) is 12.2. The number of methoxy groups -OCH3 is 1. The summed E-state index contributed by atoms with van der Waals surface area (Å²) in [4.78, 5) is 16.9. The van der Waals surface area contributed by atoms with Gasteiger partial charge in [-0.05, 0) is 50.9 Å². The van der Waals surface area contributed by atoms with Crippen molar-refractivity contribution in [2.45, 2.75) is 25.7 Å². The largest absolute Gasteiger partial charge is 0.495 e. The molecule has 0 saturated carbocycles. The monoisotopic (exact) mass is 450 g/mol. The first-order valence-corrected chi connectivity index (χ1v) is 12.2. The third-order valence-electron chi connectivity index (χ3n) is 6.69. The highest BCUT2D eigenvalue weighted by atomic mass is 16.5. The van der Waals surface area contributed by atoms with Gasteiger partial charge in [0.2, 0.25) is 5.95 Å². The summed E-state index contributed by atoms with van der Waals surface area (Å²) >= 11 is 0. The molecule has 3 aliphatic heterocycles. The molecule has 0 unspecified atom stereocenters. The molecule has 0 atom stereocenters. The molecule has 0 radical (unpaired) electrons. The molecule has 1 aromatic carbocycles. The highest BCUT2D eigenvalue weighted by molar-refractivity contribution is 5.92.